The van der Waals surface area contributed by atoms with Crippen LogP contribution in [0.4, 0.5) is 0 Å². The molecule has 0 aliphatic heterocycles. The van der Waals surface area contributed by atoms with Gasteiger partial charge < -0.3 is 0 Å². The van der Waals surface area contributed by atoms with Crippen molar-refractivity contribution in [1.29, 1.82) is 0 Å². The molecule has 0 aromatic carbocycles. The molecule has 2 heteroatoms. The van der Waals surface area contributed by atoms with Gasteiger partial charge in [-0.2, -0.15) is 0 Å². The number of rotatable bonds is 15. The first-order valence-electron chi connectivity index (χ1n) is 7.66. The van der Waals surface area contributed by atoms with Gasteiger partial charge in [-0.1, -0.05) is 37.1 Å². The van der Waals surface area contributed by atoms with Crippen LogP contribution in [0.15, 0.2) is 50.6 Å². The molecular weight excluding hydrogens is 244 g/mol. The van der Waals surface area contributed by atoms with Gasteiger partial charge in [0.25, 0.3) is 0 Å². The largest absolute Gasteiger partial charge is 0.296 e. The average Bonchev–Trinajstić information content (AvgIpc) is 2.43. The molecule has 0 spiro atoms. The van der Waals surface area contributed by atoms with Gasteiger partial charge >= 0.3 is 0 Å². The van der Waals surface area contributed by atoms with E-state index in [9.17, 15) is 0 Å². The molecule has 0 aliphatic carbocycles. The summed E-state index contributed by atoms with van der Waals surface area (Å²) in [5, 5.41) is 0. The second-order valence-corrected chi connectivity index (χ2v) is 5.09. The van der Waals surface area contributed by atoms with Gasteiger partial charge in [0.1, 0.15) is 0 Å². The number of hydrogen-bond donors (Lipinski definition) is 0. The Hall–Kier alpha value is -1.12. The minimum Gasteiger partial charge on any atom is -0.296 e. The summed E-state index contributed by atoms with van der Waals surface area (Å²) in [7, 11) is 0. The summed E-state index contributed by atoms with van der Waals surface area (Å²) in [4.78, 5) is 4.75. The van der Waals surface area contributed by atoms with Gasteiger partial charge in [0.2, 0.25) is 0 Å². The lowest BCUT2D eigenvalue weighted by Gasteiger charge is -2.19. The van der Waals surface area contributed by atoms with Gasteiger partial charge in [-0.15, -0.1) is 26.3 Å². The molecule has 0 aromatic heterocycles. The number of nitrogens with zero attached hydrogens (tertiary/aromatic N) is 2. The van der Waals surface area contributed by atoms with Crippen molar-refractivity contribution in [1.82, 2.24) is 9.80 Å². The van der Waals surface area contributed by atoms with Crippen LogP contribution in [0.1, 0.15) is 25.7 Å². The Bertz CT molecular complexity index is 223. The van der Waals surface area contributed by atoms with E-state index < -0.39 is 0 Å². The zero-order valence-corrected chi connectivity index (χ0v) is 13.1. The fourth-order valence-electron chi connectivity index (χ4n) is 2.27. The molecule has 0 N–H and O–H groups in total. The quantitative estimate of drug-likeness (QED) is 0.331. The van der Waals surface area contributed by atoms with E-state index in [2.05, 4.69) is 36.1 Å². The zero-order chi connectivity index (χ0) is 15.1. The van der Waals surface area contributed by atoms with Crippen molar-refractivity contribution in [3.8, 4) is 0 Å². The molecule has 0 aliphatic rings. The highest BCUT2D eigenvalue weighted by Crippen LogP contribution is 2.04. The van der Waals surface area contributed by atoms with Crippen LogP contribution in [0.3, 0.4) is 0 Å². The lowest BCUT2D eigenvalue weighted by Crippen LogP contribution is -2.25. The van der Waals surface area contributed by atoms with E-state index in [0.717, 1.165) is 39.3 Å². The third-order valence-corrected chi connectivity index (χ3v) is 3.25. The molecule has 0 atom stereocenters. The highest BCUT2D eigenvalue weighted by Gasteiger charge is 2.02. The molecule has 20 heavy (non-hydrogen) atoms. The van der Waals surface area contributed by atoms with Gasteiger partial charge in [0.15, 0.2) is 0 Å². The topological polar surface area (TPSA) is 6.48 Å². The molecule has 0 aromatic rings. The molecule has 0 amide bonds. The summed E-state index contributed by atoms with van der Waals surface area (Å²) in [5.41, 5.74) is 0. The lowest BCUT2D eigenvalue weighted by atomic mass is 10.1. The summed E-state index contributed by atoms with van der Waals surface area (Å²) in [6.07, 6.45) is 13.0. The maximum Gasteiger partial charge on any atom is 0.0163 e. The molecule has 0 unspecified atom stereocenters. The highest BCUT2D eigenvalue weighted by molar-refractivity contribution is 4.80. The Kier molecular flexibility index (Phi) is 13.5. The predicted octanol–water partition coefficient (Wildman–Crippen LogP) is 3.89. The zero-order valence-electron chi connectivity index (χ0n) is 13.1. The molecule has 0 radical (unpaired) electrons. The minimum absolute atomic E-state index is 0.957. The number of unbranched alkanes of at least 4 members (excludes halogenated alkanes) is 3. The molecule has 114 valence electrons. The summed E-state index contributed by atoms with van der Waals surface area (Å²) < 4.78 is 0. The Morgan fingerprint density at radius 2 is 0.800 bits per heavy atom. The molecule has 0 rings (SSSR count). The molecule has 2 nitrogen and oxygen atoms in total. The third-order valence-electron chi connectivity index (χ3n) is 3.25. The lowest BCUT2D eigenvalue weighted by molar-refractivity contribution is 0.309. The van der Waals surface area contributed by atoms with Crippen LogP contribution in [-0.4, -0.2) is 49.1 Å². The van der Waals surface area contributed by atoms with Crippen molar-refractivity contribution < 1.29 is 0 Å². The monoisotopic (exact) mass is 276 g/mol. The normalized spacial score (nSPS) is 10.7. The maximum atomic E-state index is 3.80. The van der Waals surface area contributed by atoms with Crippen molar-refractivity contribution >= 4 is 0 Å². The molecular formula is C18H32N2. The first-order chi connectivity index (χ1) is 9.78. The van der Waals surface area contributed by atoms with Gasteiger partial charge in [-0.05, 0) is 25.9 Å². The van der Waals surface area contributed by atoms with Crippen LogP contribution in [0.25, 0.3) is 0 Å². The fraction of sp³-hybridized carbons (Fsp3) is 0.556. The molecule has 0 bridgehead atoms. The van der Waals surface area contributed by atoms with Crippen LogP contribution in [0, 0.1) is 0 Å². The van der Waals surface area contributed by atoms with Crippen molar-refractivity contribution in [3.63, 3.8) is 0 Å². The average molecular weight is 276 g/mol. The first kappa shape index (κ1) is 18.9. The van der Waals surface area contributed by atoms with E-state index in [4.69, 9.17) is 0 Å². The van der Waals surface area contributed by atoms with E-state index in [0.29, 0.717) is 0 Å². The standard InChI is InChI=1S/C18H32N2/c1-5-13-19(14-6-2)17-11-9-10-12-18-20(15-7-3)16-8-4/h5-8H,1-4,9-18H2. The van der Waals surface area contributed by atoms with Crippen LogP contribution in [0.2, 0.25) is 0 Å². The second-order valence-electron chi connectivity index (χ2n) is 5.09. The second kappa shape index (κ2) is 14.3. The smallest absolute Gasteiger partial charge is 0.0163 e. The van der Waals surface area contributed by atoms with E-state index in [1.54, 1.807) is 0 Å². The summed E-state index contributed by atoms with van der Waals surface area (Å²) in [6.45, 7) is 21.3. The van der Waals surface area contributed by atoms with Crippen molar-refractivity contribution in [2.75, 3.05) is 39.3 Å². The van der Waals surface area contributed by atoms with E-state index in [-0.39, 0.29) is 0 Å². The predicted molar refractivity (Wildman–Crippen MR) is 92.1 cm³/mol. The van der Waals surface area contributed by atoms with E-state index in [1.165, 1.54) is 25.7 Å². The number of hydrogen-bond acceptors (Lipinski definition) is 2. The summed E-state index contributed by atoms with van der Waals surface area (Å²) >= 11 is 0. The third kappa shape index (κ3) is 10.8. The maximum absolute atomic E-state index is 3.80. The van der Waals surface area contributed by atoms with Crippen LogP contribution in [0.5, 0.6) is 0 Å². The Balaban J connectivity index is 3.63. The van der Waals surface area contributed by atoms with Crippen molar-refractivity contribution in [3.05, 3.63) is 50.6 Å². The van der Waals surface area contributed by atoms with Crippen molar-refractivity contribution in [2.24, 2.45) is 0 Å². The van der Waals surface area contributed by atoms with Gasteiger partial charge in [-0.3, -0.25) is 9.80 Å². The summed E-state index contributed by atoms with van der Waals surface area (Å²) in [6, 6.07) is 0. The van der Waals surface area contributed by atoms with Gasteiger partial charge in [0, 0.05) is 26.2 Å². The van der Waals surface area contributed by atoms with Gasteiger partial charge in [-0.25, -0.2) is 0 Å². The molecule has 0 saturated heterocycles. The van der Waals surface area contributed by atoms with Crippen LogP contribution >= 0.6 is 0 Å². The SMILES string of the molecule is C=CCN(CC=C)CCCCCCN(CC=C)CC=C. The fourth-order valence-corrected chi connectivity index (χ4v) is 2.27. The van der Waals surface area contributed by atoms with Crippen LogP contribution < -0.4 is 0 Å². The van der Waals surface area contributed by atoms with Gasteiger partial charge in [0.05, 0.1) is 0 Å². The van der Waals surface area contributed by atoms with E-state index >= 15 is 0 Å². The Morgan fingerprint density at radius 3 is 1.05 bits per heavy atom. The summed E-state index contributed by atoms with van der Waals surface area (Å²) in [5.74, 6) is 0. The van der Waals surface area contributed by atoms with Crippen molar-refractivity contribution in [2.45, 2.75) is 25.7 Å². The molecule has 0 saturated carbocycles. The van der Waals surface area contributed by atoms with Crippen LogP contribution in [-0.2, 0) is 0 Å². The highest BCUT2D eigenvalue weighted by atomic mass is 15.1. The first-order valence-corrected chi connectivity index (χ1v) is 7.66. The Morgan fingerprint density at radius 1 is 0.500 bits per heavy atom. The molecule has 0 fully saturated rings. The van der Waals surface area contributed by atoms with E-state index in [1.807, 2.05) is 24.3 Å². The molecule has 0 heterocycles. The minimum atomic E-state index is 0.957. The Labute approximate surface area is 126 Å².